The fraction of sp³-hybridized carbons (Fsp3) is 0.333. The highest BCUT2D eigenvalue weighted by Crippen LogP contribution is 2.32. The molecule has 1 unspecified atom stereocenters. The second kappa shape index (κ2) is 9.64. The standard InChI is InChI=1S/C24H26N2O6/c1-3-14-30-19-9-8-17(15-21(19)29-2)23(27)25-10-12-26(13-11-25)24(28)22-16-31-18-6-4-5-7-20(18)32-22/h3-9,15,22H,1,10-14,16H2,2H3. The van der Waals surface area contributed by atoms with Gasteiger partial charge in [0, 0.05) is 31.7 Å². The summed E-state index contributed by atoms with van der Waals surface area (Å²) in [5.41, 5.74) is 0.508. The summed E-state index contributed by atoms with van der Waals surface area (Å²) < 4.78 is 22.4. The summed E-state index contributed by atoms with van der Waals surface area (Å²) in [6, 6.07) is 12.4. The fourth-order valence-corrected chi connectivity index (χ4v) is 3.73. The second-order valence-corrected chi connectivity index (χ2v) is 7.45. The molecule has 32 heavy (non-hydrogen) atoms. The van der Waals surface area contributed by atoms with Gasteiger partial charge in [0.2, 0.25) is 6.10 Å². The Bertz CT molecular complexity index is 1000. The number of fused-ring (bicyclic) bond motifs is 1. The molecule has 2 amide bonds. The normalized spacial score (nSPS) is 17.5. The lowest BCUT2D eigenvalue weighted by Crippen LogP contribution is -2.55. The van der Waals surface area contributed by atoms with Gasteiger partial charge in [0.1, 0.15) is 13.2 Å². The van der Waals surface area contributed by atoms with Crippen molar-refractivity contribution in [1.82, 2.24) is 9.80 Å². The first kappa shape index (κ1) is 21.5. The number of methoxy groups -OCH3 is 1. The van der Waals surface area contributed by atoms with Gasteiger partial charge in [-0.15, -0.1) is 0 Å². The zero-order valence-electron chi connectivity index (χ0n) is 18.0. The average Bonchev–Trinajstić information content (AvgIpc) is 2.86. The summed E-state index contributed by atoms with van der Waals surface area (Å²) in [6.07, 6.45) is 0.960. The topological polar surface area (TPSA) is 77.5 Å². The molecular weight excluding hydrogens is 412 g/mol. The molecule has 4 rings (SSSR count). The Hall–Kier alpha value is -3.68. The predicted octanol–water partition coefficient (Wildman–Crippen LogP) is 2.38. The Morgan fingerprint density at radius 1 is 1.06 bits per heavy atom. The molecule has 0 radical (unpaired) electrons. The number of hydrogen-bond acceptors (Lipinski definition) is 6. The van der Waals surface area contributed by atoms with Crippen LogP contribution in [0, 0.1) is 0 Å². The number of carbonyl (C=O) groups is 2. The van der Waals surface area contributed by atoms with Crippen molar-refractivity contribution in [3.8, 4) is 23.0 Å². The highest BCUT2D eigenvalue weighted by Gasteiger charge is 2.33. The molecule has 0 aliphatic carbocycles. The molecule has 0 bridgehead atoms. The second-order valence-electron chi connectivity index (χ2n) is 7.45. The Labute approximate surface area is 186 Å². The number of carbonyl (C=O) groups excluding carboxylic acids is 2. The Morgan fingerprint density at radius 2 is 1.78 bits per heavy atom. The summed E-state index contributed by atoms with van der Waals surface area (Å²) in [6.45, 7) is 5.89. The number of hydrogen-bond donors (Lipinski definition) is 0. The van der Waals surface area contributed by atoms with E-state index >= 15 is 0 Å². The van der Waals surface area contributed by atoms with Gasteiger partial charge in [0.25, 0.3) is 11.8 Å². The molecule has 0 spiro atoms. The zero-order chi connectivity index (χ0) is 22.5. The summed E-state index contributed by atoms with van der Waals surface area (Å²) >= 11 is 0. The minimum absolute atomic E-state index is 0.114. The summed E-state index contributed by atoms with van der Waals surface area (Å²) in [5, 5.41) is 0. The van der Waals surface area contributed by atoms with Crippen molar-refractivity contribution in [3.63, 3.8) is 0 Å². The number of ether oxygens (including phenoxy) is 4. The first-order valence-corrected chi connectivity index (χ1v) is 10.5. The molecule has 8 heteroatoms. The van der Waals surface area contributed by atoms with E-state index in [2.05, 4.69) is 6.58 Å². The van der Waals surface area contributed by atoms with Crippen LogP contribution < -0.4 is 18.9 Å². The molecule has 0 N–H and O–H groups in total. The van der Waals surface area contributed by atoms with Crippen LogP contribution in [0.1, 0.15) is 10.4 Å². The van der Waals surface area contributed by atoms with Crippen molar-refractivity contribution in [2.45, 2.75) is 6.10 Å². The van der Waals surface area contributed by atoms with Gasteiger partial charge in [-0.25, -0.2) is 0 Å². The van der Waals surface area contributed by atoms with E-state index in [1.807, 2.05) is 18.2 Å². The monoisotopic (exact) mass is 438 g/mol. The molecule has 2 aromatic carbocycles. The third-order valence-corrected chi connectivity index (χ3v) is 5.43. The largest absolute Gasteiger partial charge is 0.493 e. The van der Waals surface area contributed by atoms with Gasteiger partial charge < -0.3 is 28.7 Å². The summed E-state index contributed by atoms with van der Waals surface area (Å²) in [5.74, 6) is 2.01. The zero-order valence-corrected chi connectivity index (χ0v) is 18.0. The van der Waals surface area contributed by atoms with E-state index < -0.39 is 6.10 Å². The van der Waals surface area contributed by atoms with Crippen LogP contribution in [0.15, 0.2) is 55.1 Å². The number of nitrogens with zero attached hydrogens (tertiary/aromatic N) is 2. The van der Waals surface area contributed by atoms with Crippen LogP contribution in [0.2, 0.25) is 0 Å². The Kier molecular flexibility index (Phi) is 6.49. The van der Waals surface area contributed by atoms with E-state index in [1.165, 1.54) is 7.11 Å². The SMILES string of the molecule is C=CCOc1ccc(C(=O)N2CCN(C(=O)C3COc4ccccc4O3)CC2)cc1OC. The number of benzene rings is 2. The molecule has 2 aliphatic heterocycles. The van der Waals surface area contributed by atoms with Crippen LogP contribution in [-0.2, 0) is 4.79 Å². The quantitative estimate of drug-likeness (QED) is 0.645. The van der Waals surface area contributed by atoms with Gasteiger partial charge in [-0.1, -0.05) is 24.8 Å². The lowest BCUT2D eigenvalue weighted by molar-refractivity contribution is -0.142. The van der Waals surface area contributed by atoms with E-state index in [0.29, 0.717) is 61.3 Å². The maximum atomic E-state index is 13.0. The maximum Gasteiger partial charge on any atom is 0.267 e. The lowest BCUT2D eigenvalue weighted by Gasteiger charge is -2.37. The van der Waals surface area contributed by atoms with Gasteiger partial charge in [-0.05, 0) is 30.3 Å². The molecule has 1 saturated heterocycles. The fourth-order valence-electron chi connectivity index (χ4n) is 3.73. The van der Waals surface area contributed by atoms with Crippen molar-refractivity contribution in [2.24, 2.45) is 0 Å². The first-order chi connectivity index (χ1) is 15.6. The molecule has 0 aromatic heterocycles. The van der Waals surface area contributed by atoms with Crippen molar-refractivity contribution < 1.29 is 28.5 Å². The molecule has 1 atom stereocenters. The van der Waals surface area contributed by atoms with E-state index in [9.17, 15) is 9.59 Å². The lowest BCUT2D eigenvalue weighted by atomic mass is 10.1. The highest BCUT2D eigenvalue weighted by molar-refractivity contribution is 5.95. The van der Waals surface area contributed by atoms with Gasteiger partial charge in [0.15, 0.2) is 23.0 Å². The average molecular weight is 438 g/mol. The molecule has 168 valence electrons. The highest BCUT2D eigenvalue weighted by atomic mass is 16.6. The van der Waals surface area contributed by atoms with Gasteiger partial charge in [-0.3, -0.25) is 9.59 Å². The molecule has 2 heterocycles. The van der Waals surface area contributed by atoms with E-state index in [1.54, 1.807) is 40.1 Å². The molecule has 8 nitrogen and oxygen atoms in total. The smallest absolute Gasteiger partial charge is 0.267 e. The molecule has 2 aliphatic rings. The predicted molar refractivity (Wildman–Crippen MR) is 118 cm³/mol. The first-order valence-electron chi connectivity index (χ1n) is 10.5. The van der Waals surface area contributed by atoms with Crippen LogP contribution in [-0.4, -0.2) is 74.2 Å². The van der Waals surface area contributed by atoms with Gasteiger partial charge in [-0.2, -0.15) is 0 Å². The van der Waals surface area contributed by atoms with Gasteiger partial charge >= 0.3 is 0 Å². The van der Waals surface area contributed by atoms with Crippen LogP contribution in [0.25, 0.3) is 0 Å². The van der Waals surface area contributed by atoms with Crippen molar-refractivity contribution in [2.75, 3.05) is 46.5 Å². The summed E-state index contributed by atoms with van der Waals surface area (Å²) in [4.78, 5) is 29.3. The Morgan fingerprint density at radius 3 is 2.50 bits per heavy atom. The number of piperazine rings is 1. The maximum absolute atomic E-state index is 13.0. The van der Waals surface area contributed by atoms with Crippen molar-refractivity contribution in [3.05, 3.63) is 60.7 Å². The third kappa shape index (κ3) is 4.49. The number of rotatable bonds is 6. The minimum Gasteiger partial charge on any atom is -0.493 e. The van der Waals surface area contributed by atoms with Crippen LogP contribution in [0.4, 0.5) is 0 Å². The van der Waals surface area contributed by atoms with Crippen LogP contribution >= 0.6 is 0 Å². The summed E-state index contributed by atoms with van der Waals surface area (Å²) in [7, 11) is 1.53. The van der Waals surface area contributed by atoms with E-state index in [4.69, 9.17) is 18.9 Å². The van der Waals surface area contributed by atoms with Crippen LogP contribution in [0.3, 0.4) is 0 Å². The Balaban J connectivity index is 1.35. The molecule has 0 saturated carbocycles. The van der Waals surface area contributed by atoms with Crippen molar-refractivity contribution in [1.29, 1.82) is 0 Å². The minimum atomic E-state index is -0.681. The van der Waals surface area contributed by atoms with Crippen LogP contribution in [0.5, 0.6) is 23.0 Å². The number of amides is 2. The molecular formula is C24H26N2O6. The van der Waals surface area contributed by atoms with E-state index in [0.717, 1.165) is 0 Å². The third-order valence-electron chi connectivity index (χ3n) is 5.43. The molecule has 2 aromatic rings. The van der Waals surface area contributed by atoms with E-state index in [-0.39, 0.29) is 18.4 Å². The molecule has 1 fully saturated rings. The van der Waals surface area contributed by atoms with Gasteiger partial charge in [0.05, 0.1) is 7.11 Å². The van der Waals surface area contributed by atoms with Crippen molar-refractivity contribution >= 4 is 11.8 Å². The number of para-hydroxylation sites is 2.